The van der Waals surface area contributed by atoms with E-state index < -0.39 is 70.9 Å². The van der Waals surface area contributed by atoms with Gasteiger partial charge in [0.15, 0.2) is 6.17 Å². The first kappa shape index (κ1) is 39.4. The summed E-state index contributed by atoms with van der Waals surface area (Å²) in [4.78, 5) is 66.9. The lowest BCUT2D eigenvalue weighted by atomic mass is 9.89. The number of amides is 5. The van der Waals surface area contributed by atoms with Crippen LogP contribution in [0.15, 0.2) is 30.3 Å². The summed E-state index contributed by atoms with van der Waals surface area (Å²) in [5.74, 6) is -4.33. The van der Waals surface area contributed by atoms with Crippen molar-refractivity contribution >= 4 is 29.5 Å². The molecule has 1 rings (SSSR count). The van der Waals surface area contributed by atoms with Crippen LogP contribution >= 0.6 is 0 Å². The number of carbonyl (C=O) groups is 5. The Morgan fingerprint density at radius 2 is 1.44 bits per heavy atom. The molecule has 0 bridgehead atoms. The Morgan fingerprint density at radius 1 is 0.867 bits per heavy atom. The molecule has 254 valence electrons. The molecule has 0 aromatic heterocycles. The lowest BCUT2D eigenvalue weighted by Crippen LogP contribution is -2.63. The van der Waals surface area contributed by atoms with Gasteiger partial charge in [0.25, 0.3) is 5.91 Å². The number of ether oxygens (including phenoxy) is 1. The van der Waals surface area contributed by atoms with E-state index in [1.165, 1.54) is 32.8 Å². The maximum absolute atomic E-state index is 14.8. The van der Waals surface area contributed by atoms with Gasteiger partial charge in [0.2, 0.25) is 23.6 Å². The van der Waals surface area contributed by atoms with Crippen molar-refractivity contribution in [1.82, 2.24) is 26.2 Å². The van der Waals surface area contributed by atoms with Crippen LogP contribution in [0, 0.1) is 5.41 Å². The Kier molecular flexibility index (Phi) is 15.1. The van der Waals surface area contributed by atoms with Gasteiger partial charge in [0.1, 0.15) is 24.2 Å². The predicted molar refractivity (Wildman–Crippen MR) is 169 cm³/mol. The summed E-state index contributed by atoms with van der Waals surface area (Å²) in [5, 5.41) is 20.9. The number of hydrogen-bond donors (Lipinski definition) is 5. The third-order valence-electron chi connectivity index (χ3n) is 7.15. The Morgan fingerprint density at radius 3 is 1.93 bits per heavy atom. The van der Waals surface area contributed by atoms with Crippen LogP contribution < -0.4 is 21.3 Å². The number of nitrogens with one attached hydrogen (secondary N) is 4. The normalized spacial score (nSPS) is 15.8. The molecule has 0 saturated carbocycles. The van der Waals surface area contributed by atoms with Crippen molar-refractivity contribution in [2.75, 3.05) is 27.8 Å². The highest BCUT2D eigenvalue weighted by atomic mass is 19.1. The average Bonchev–Trinajstić information content (AvgIpc) is 2.94. The summed E-state index contributed by atoms with van der Waals surface area (Å²) in [5.41, 5.74) is -1.66. The van der Waals surface area contributed by atoms with E-state index in [2.05, 4.69) is 21.3 Å². The number of carbonyl (C=O) groups excluding carboxylic acids is 5. The van der Waals surface area contributed by atoms with E-state index in [9.17, 15) is 33.5 Å². The molecule has 0 spiro atoms. The smallest absolute Gasteiger partial charge is 0.255 e. The van der Waals surface area contributed by atoms with Gasteiger partial charge in [0, 0.05) is 33.7 Å². The minimum absolute atomic E-state index is 0.110. The molecule has 1 aromatic rings. The number of hydrogen-bond acceptors (Lipinski definition) is 7. The third-order valence-corrected chi connectivity index (χ3v) is 7.15. The second-order valence-electron chi connectivity index (χ2n) is 13.3. The van der Waals surface area contributed by atoms with Crippen molar-refractivity contribution in [2.45, 2.75) is 103 Å². The largest absolute Gasteiger partial charge is 0.388 e. The Labute approximate surface area is 266 Å². The molecule has 0 fully saturated rings. The lowest BCUT2D eigenvalue weighted by Gasteiger charge is -2.33. The molecule has 0 heterocycles. The monoisotopic (exact) mass is 637 g/mol. The summed E-state index contributed by atoms with van der Waals surface area (Å²) in [6.07, 6.45) is -1.83. The van der Waals surface area contributed by atoms with Crippen molar-refractivity contribution in [3.8, 4) is 0 Å². The second kappa shape index (κ2) is 17.2. The molecule has 13 heteroatoms. The molecule has 0 saturated heterocycles. The molecule has 1 aromatic carbocycles. The van der Waals surface area contributed by atoms with Crippen molar-refractivity contribution in [1.29, 1.82) is 0 Å². The van der Waals surface area contributed by atoms with Crippen LogP contribution in [0.5, 0.6) is 0 Å². The number of methoxy groups -OCH3 is 1. The highest BCUT2D eigenvalue weighted by Gasteiger charge is 2.40. The van der Waals surface area contributed by atoms with Crippen LogP contribution in [0.25, 0.3) is 0 Å². The zero-order valence-corrected chi connectivity index (χ0v) is 28.2. The van der Waals surface area contributed by atoms with Crippen molar-refractivity contribution in [2.24, 2.45) is 5.41 Å². The topological polar surface area (TPSA) is 166 Å². The highest BCUT2D eigenvalue weighted by Crippen LogP contribution is 2.24. The Hall–Kier alpha value is -3.58. The fraction of sp³-hybridized carbons (Fsp3) is 0.656. The van der Waals surface area contributed by atoms with Crippen LogP contribution in [0.3, 0.4) is 0 Å². The van der Waals surface area contributed by atoms with Gasteiger partial charge in [-0.1, -0.05) is 58.0 Å². The summed E-state index contributed by atoms with van der Waals surface area (Å²) in [6.45, 7) is 11.2. The van der Waals surface area contributed by atoms with E-state index >= 15 is 0 Å². The maximum Gasteiger partial charge on any atom is 0.255 e. The average molecular weight is 638 g/mol. The molecule has 5 amide bonds. The highest BCUT2D eigenvalue weighted by molar-refractivity contribution is 5.96. The van der Waals surface area contributed by atoms with Crippen molar-refractivity contribution in [3.05, 3.63) is 35.9 Å². The van der Waals surface area contributed by atoms with Crippen LogP contribution in [-0.2, 0) is 28.7 Å². The van der Waals surface area contributed by atoms with E-state index in [1.54, 1.807) is 72.1 Å². The number of benzene rings is 1. The lowest BCUT2D eigenvalue weighted by molar-refractivity contribution is -0.140. The molecule has 0 aliphatic carbocycles. The number of nitrogens with zero attached hydrogens (tertiary/aromatic N) is 1. The standard InChI is InChI=1S/C32H52FN5O7/c1-19(21-14-12-11-13-15-21)24(28(41)34-20(2)26(39)35-23(16-17-45-10)30(43)38(8)9)36-29(42)25(32(6,7)44)37-27(40)22(33)18-31(3,4)5/h11-15,19-20,22-25,44H,16-18H2,1-10H3,(H,34,41)(H,35,39)(H,36,42)(H,37,40)/t19-,20+,22-,23-,24-,25+/m0/s1. The number of aliphatic hydroxyl groups is 1. The first-order valence-electron chi connectivity index (χ1n) is 15.0. The number of halogens is 1. The van der Waals surface area contributed by atoms with Gasteiger partial charge in [-0.05, 0) is 44.6 Å². The SMILES string of the molecule is COCC[C@H](NC(=O)[C@@H](C)NC(=O)[C@@H](NC(=O)[C@@H](NC(=O)[C@@H](F)CC(C)(C)C)C(C)(C)O)[C@@H](C)c1ccccc1)C(=O)N(C)C. The molecular weight excluding hydrogens is 585 g/mol. The molecule has 0 radical (unpaired) electrons. The van der Waals surface area contributed by atoms with Gasteiger partial charge in [-0.2, -0.15) is 0 Å². The van der Waals surface area contributed by atoms with E-state index in [-0.39, 0.29) is 25.4 Å². The summed E-state index contributed by atoms with van der Waals surface area (Å²) >= 11 is 0. The number of likely N-dealkylation sites (N-methyl/N-ethyl adjacent to an activating group) is 1. The second-order valence-corrected chi connectivity index (χ2v) is 13.3. The van der Waals surface area contributed by atoms with Gasteiger partial charge in [-0.25, -0.2) is 4.39 Å². The minimum atomic E-state index is -1.93. The summed E-state index contributed by atoms with van der Waals surface area (Å²) < 4.78 is 19.8. The van der Waals surface area contributed by atoms with Gasteiger partial charge in [0.05, 0.1) is 5.60 Å². The quantitative estimate of drug-likeness (QED) is 0.183. The first-order chi connectivity index (χ1) is 20.7. The molecule has 0 unspecified atom stereocenters. The van der Waals surface area contributed by atoms with Crippen LogP contribution in [0.4, 0.5) is 4.39 Å². The zero-order valence-electron chi connectivity index (χ0n) is 28.2. The summed E-state index contributed by atoms with van der Waals surface area (Å²) in [7, 11) is 4.58. The van der Waals surface area contributed by atoms with E-state index in [0.29, 0.717) is 5.56 Å². The van der Waals surface area contributed by atoms with Gasteiger partial charge < -0.3 is 36.0 Å². The van der Waals surface area contributed by atoms with Crippen molar-refractivity contribution < 1.29 is 38.2 Å². The minimum Gasteiger partial charge on any atom is -0.388 e. The molecule has 6 atom stereocenters. The van der Waals surface area contributed by atoms with Crippen molar-refractivity contribution in [3.63, 3.8) is 0 Å². The maximum atomic E-state index is 14.8. The van der Waals surface area contributed by atoms with Crippen LogP contribution in [0.2, 0.25) is 0 Å². The van der Waals surface area contributed by atoms with Gasteiger partial charge in [-0.3, -0.25) is 24.0 Å². The molecule has 5 N–H and O–H groups in total. The molecule has 0 aliphatic heterocycles. The summed E-state index contributed by atoms with van der Waals surface area (Å²) in [6, 6.07) is 3.94. The number of alkyl halides is 1. The van der Waals surface area contributed by atoms with Crippen LogP contribution in [-0.4, -0.2) is 103 Å². The fourth-order valence-electron chi connectivity index (χ4n) is 4.50. The first-order valence-corrected chi connectivity index (χ1v) is 15.0. The van der Waals surface area contributed by atoms with E-state index in [0.717, 1.165) is 0 Å². The van der Waals surface area contributed by atoms with E-state index in [4.69, 9.17) is 4.74 Å². The van der Waals surface area contributed by atoms with Gasteiger partial charge in [-0.15, -0.1) is 0 Å². The third kappa shape index (κ3) is 13.1. The Bertz CT molecular complexity index is 1150. The Balaban J connectivity index is 3.26. The predicted octanol–water partition coefficient (Wildman–Crippen LogP) is 1.42. The number of rotatable bonds is 16. The molecule has 12 nitrogen and oxygen atoms in total. The fourth-order valence-corrected chi connectivity index (χ4v) is 4.50. The zero-order chi connectivity index (χ0) is 34.7. The molecular formula is C32H52FN5O7. The molecule has 45 heavy (non-hydrogen) atoms. The van der Waals surface area contributed by atoms with E-state index in [1.807, 2.05) is 0 Å². The van der Waals surface area contributed by atoms with Gasteiger partial charge >= 0.3 is 0 Å². The van der Waals surface area contributed by atoms with Crippen LogP contribution in [0.1, 0.15) is 72.8 Å². The molecule has 0 aliphatic rings.